The van der Waals surface area contributed by atoms with E-state index in [1.807, 2.05) is 18.2 Å². The zero-order chi connectivity index (χ0) is 16.4. The van der Waals surface area contributed by atoms with E-state index in [2.05, 4.69) is 23.8 Å². The zero-order valence-corrected chi connectivity index (χ0v) is 15.4. The molecule has 0 unspecified atom stereocenters. The Morgan fingerprint density at radius 3 is 1.60 bits per heavy atom. The van der Waals surface area contributed by atoms with Crippen LogP contribution in [0.15, 0.2) is 30.3 Å². The van der Waals surface area contributed by atoms with Gasteiger partial charge in [-0.2, -0.15) is 0 Å². The minimum Gasteiger partial charge on any atom is -0.466 e. The maximum atomic E-state index is 9.82. The fourth-order valence-electron chi connectivity index (χ4n) is 0.738. The molecule has 118 valence electrons. The monoisotopic (exact) mass is 382 g/mol. The molecular formula is C13H19Cl5O2. The molecule has 1 aromatic carbocycles. The van der Waals surface area contributed by atoms with E-state index in [-0.39, 0.29) is 11.3 Å². The first-order chi connectivity index (χ1) is 9.31. The highest BCUT2D eigenvalue weighted by Gasteiger charge is 1.81. The summed E-state index contributed by atoms with van der Waals surface area (Å²) < 4.78 is 3.65. The Morgan fingerprint density at radius 1 is 1.15 bits per heavy atom. The molecule has 1 rings (SSSR count). The third-order valence-electron chi connectivity index (χ3n) is 1.29. The standard InChI is InChI=1S/C7H8.C4H8O2.CHCl3.CH2Cl2/c1-7-5-3-2-4-6-7;1-3-6-4(2)5;2-1(3)4;2-1-3/h2-6H,1H3;3H2,1-2H3;1H;1H2. The van der Waals surface area contributed by atoms with Crippen molar-refractivity contribution in [2.75, 3.05) is 11.9 Å². The van der Waals surface area contributed by atoms with Crippen LogP contribution in [0.2, 0.25) is 0 Å². The van der Waals surface area contributed by atoms with Crippen LogP contribution in [0.4, 0.5) is 0 Å². The summed E-state index contributed by atoms with van der Waals surface area (Å²) in [5, 5.41) is 0.194. The molecule has 0 aromatic heterocycles. The van der Waals surface area contributed by atoms with Gasteiger partial charge in [-0.05, 0) is 13.8 Å². The molecule has 7 heteroatoms. The highest BCUT2D eigenvalue weighted by molar-refractivity contribution is 6.63. The number of hydrogen-bond acceptors (Lipinski definition) is 2. The molecule has 0 radical (unpaired) electrons. The van der Waals surface area contributed by atoms with Gasteiger partial charge in [-0.1, -0.05) is 70.7 Å². The van der Waals surface area contributed by atoms with E-state index >= 15 is 0 Å². The van der Waals surface area contributed by atoms with Crippen LogP contribution in [0.5, 0.6) is 0 Å². The van der Waals surface area contributed by atoms with Gasteiger partial charge in [0.2, 0.25) is 0 Å². The molecule has 0 atom stereocenters. The van der Waals surface area contributed by atoms with Crippen LogP contribution in [0.25, 0.3) is 0 Å². The third kappa shape index (κ3) is 42.9. The number of alkyl halides is 5. The van der Waals surface area contributed by atoms with E-state index in [9.17, 15) is 4.79 Å². The summed E-state index contributed by atoms with van der Waals surface area (Å²) >= 11 is 23.9. The van der Waals surface area contributed by atoms with Gasteiger partial charge in [0.25, 0.3) is 0 Å². The highest BCUT2D eigenvalue weighted by Crippen LogP contribution is 2.03. The number of carbonyl (C=O) groups is 1. The summed E-state index contributed by atoms with van der Waals surface area (Å²) in [4.78, 5) is 9.82. The smallest absolute Gasteiger partial charge is 0.302 e. The second kappa shape index (κ2) is 21.4. The summed E-state index contributed by atoms with van der Waals surface area (Å²) in [6, 6.07) is 10.3. The van der Waals surface area contributed by atoms with E-state index in [4.69, 9.17) is 58.0 Å². The van der Waals surface area contributed by atoms with Gasteiger partial charge in [0.1, 0.15) is 0 Å². The van der Waals surface area contributed by atoms with Crippen molar-refractivity contribution in [1.29, 1.82) is 0 Å². The Bertz CT molecular complexity index is 291. The summed E-state index contributed by atoms with van der Waals surface area (Å²) in [6.07, 6.45) is 0. The van der Waals surface area contributed by atoms with Gasteiger partial charge >= 0.3 is 5.97 Å². The molecule has 0 spiro atoms. The summed E-state index contributed by atoms with van der Waals surface area (Å²) in [5.41, 5.74) is 1.32. The number of hydrogen-bond donors (Lipinski definition) is 0. The molecular weight excluding hydrogens is 365 g/mol. The van der Waals surface area contributed by atoms with Crippen molar-refractivity contribution in [3.8, 4) is 0 Å². The number of halogens is 5. The molecule has 20 heavy (non-hydrogen) atoms. The average Bonchev–Trinajstić information content (AvgIpc) is 2.30. The lowest BCUT2D eigenvalue weighted by atomic mass is 10.2. The number of carbonyl (C=O) groups excluding carboxylic acids is 1. The molecule has 1 aromatic rings. The van der Waals surface area contributed by atoms with Crippen LogP contribution < -0.4 is 0 Å². The predicted octanol–water partition coefficient (Wildman–Crippen LogP) is 5.97. The van der Waals surface area contributed by atoms with Crippen LogP contribution >= 0.6 is 58.0 Å². The SMILES string of the molecule is CCOC(C)=O.Cc1ccccc1.ClC(Cl)Cl.ClCCl. The van der Waals surface area contributed by atoms with Gasteiger partial charge in [0.15, 0.2) is 4.30 Å². The second-order valence-corrected chi connectivity index (χ2v) is 5.72. The van der Waals surface area contributed by atoms with Crippen LogP contribution in [0.1, 0.15) is 19.4 Å². The minimum atomic E-state index is -0.750. The molecule has 0 aliphatic carbocycles. The Morgan fingerprint density at radius 2 is 1.50 bits per heavy atom. The minimum absolute atomic E-state index is 0.194. The van der Waals surface area contributed by atoms with Gasteiger partial charge in [-0.15, -0.1) is 23.2 Å². The van der Waals surface area contributed by atoms with Crippen LogP contribution in [0, 0.1) is 6.92 Å². The average molecular weight is 385 g/mol. The highest BCUT2D eigenvalue weighted by atomic mass is 35.6. The van der Waals surface area contributed by atoms with E-state index in [1.54, 1.807) is 6.92 Å². The number of aryl methyl sites for hydroxylation is 1. The molecule has 0 fully saturated rings. The van der Waals surface area contributed by atoms with Gasteiger partial charge in [-0.25, -0.2) is 0 Å². The molecule has 0 aliphatic rings. The number of rotatable bonds is 1. The van der Waals surface area contributed by atoms with E-state index in [0.29, 0.717) is 6.61 Å². The van der Waals surface area contributed by atoms with E-state index in [0.717, 1.165) is 0 Å². The number of esters is 1. The molecule has 0 amide bonds. The normalized spacial score (nSPS) is 8.05. The number of ether oxygens (including phenoxy) is 1. The lowest BCUT2D eigenvalue weighted by Gasteiger charge is -1.89. The predicted molar refractivity (Wildman–Crippen MR) is 91.4 cm³/mol. The van der Waals surface area contributed by atoms with E-state index in [1.165, 1.54) is 12.5 Å². The number of benzene rings is 1. The van der Waals surface area contributed by atoms with Crippen LogP contribution in [-0.4, -0.2) is 22.2 Å². The molecule has 0 saturated carbocycles. The van der Waals surface area contributed by atoms with E-state index < -0.39 is 4.30 Å². The van der Waals surface area contributed by atoms with Crippen LogP contribution in [-0.2, 0) is 9.53 Å². The summed E-state index contributed by atoms with van der Waals surface area (Å²) in [6.45, 7) is 5.74. The lowest BCUT2D eigenvalue weighted by Crippen LogP contribution is -1.95. The Kier molecular flexibility index (Phi) is 26.9. The maximum Gasteiger partial charge on any atom is 0.302 e. The second-order valence-electron chi connectivity index (χ2n) is 2.93. The van der Waals surface area contributed by atoms with Crippen molar-refractivity contribution in [1.82, 2.24) is 0 Å². The molecule has 0 heterocycles. The molecule has 0 saturated heterocycles. The van der Waals surface area contributed by atoms with Crippen molar-refractivity contribution in [3.05, 3.63) is 35.9 Å². The summed E-state index contributed by atoms with van der Waals surface area (Å²) in [5.74, 6) is -0.211. The van der Waals surface area contributed by atoms with Crippen molar-refractivity contribution < 1.29 is 9.53 Å². The first-order valence-corrected chi connectivity index (χ1v) is 7.88. The summed E-state index contributed by atoms with van der Waals surface area (Å²) in [7, 11) is 0. The van der Waals surface area contributed by atoms with Gasteiger partial charge in [-0.3, -0.25) is 4.79 Å². The van der Waals surface area contributed by atoms with Gasteiger partial charge < -0.3 is 4.74 Å². The largest absolute Gasteiger partial charge is 0.466 e. The molecule has 0 aliphatic heterocycles. The quantitative estimate of drug-likeness (QED) is 0.440. The first kappa shape index (κ1) is 25.1. The fourth-order valence-corrected chi connectivity index (χ4v) is 0.738. The maximum absolute atomic E-state index is 9.82. The fraction of sp³-hybridized carbons (Fsp3) is 0.462. The Hall–Kier alpha value is 0.140. The Balaban J connectivity index is -0.000000204. The topological polar surface area (TPSA) is 26.3 Å². The van der Waals surface area contributed by atoms with Crippen molar-refractivity contribution >= 4 is 64.0 Å². The third-order valence-corrected chi connectivity index (χ3v) is 1.29. The van der Waals surface area contributed by atoms with Gasteiger partial charge in [0.05, 0.1) is 11.9 Å². The zero-order valence-electron chi connectivity index (χ0n) is 11.6. The lowest BCUT2D eigenvalue weighted by molar-refractivity contribution is -0.140. The molecule has 2 nitrogen and oxygen atoms in total. The Labute approximate surface area is 146 Å². The first-order valence-electron chi connectivity index (χ1n) is 5.50. The molecule has 0 N–H and O–H groups in total. The van der Waals surface area contributed by atoms with Crippen LogP contribution in [0.3, 0.4) is 0 Å². The molecule has 0 bridgehead atoms. The van der Waals surface area contributed by atoms with Crippen molar-refractivity contribution in [2.45, 2.75) is 25.1 Å². The van der Waals surface area contributed by atoms with Crippen molar-refractivity contribution in [3.63, 3.8) is 0 Å². The van der Waals surface area contributed by atoms with Crippen molar-refractivity contribution in [2.24, 2.45) is 0 Å². The van der Waals surface area contributed by atoms with Gasteiger partial charge in [0, 0.05) is 6.92 Å².